The summed E-state index contributed by atoms with van der Waals surface area (Å²) in [6, 6.07) is 24.2. The highest BCUT2D eigenvalue weighted by Gasteiger charge is 2.17. The van der Waals surface area contributed by atoms with Gasteiger partial charge in [0.25, 0.3) is 5.56 Å². The Kier molecular flexibility index (Phi) is 4.69. The lowest BCUT2D eigenvalue weighted by Gasteiger charge is -2.20. The SMILES string of the molecule is NCCn1cc(C(c2ccccc2)c2ccccc2)ccc1=O. The van der Waals surface area contributed by atoms with E-state index in [1.165, 1.54) is 11.1 Å². The maximum atomic E-state index is 12.0. The Labute approximate surface area is 136 Å². The number of rotatable bonds is 5. The Bertz CT molecular complexity index is 770. The minimum Gasteiger partial charge on any atom is -0.329 e. The van der Waals surface area contributed by atoms with E-state index in [-0.39, 0.29) is 11.5 Å². The van der Waals surface area contributed by atoms with E-state index in [0.717, 1.165) is 5.56 Å². The lowest BCUT2D eigenvalue weighted by atomic mass is 9.86. The Morgan fingerprint density at radius 2 is 1.35 bits per heavy atom. The molecule has 3 rings (SSSR count). The molecule has 0 aliphatic carbocycles. The van der Waals surface area contributed by atoms with Gasteiger partial charge in [0.15, 0.2) is 0 Å². The van der Waals surface area contributed by atoms with Gasteiger partial charge in [0.2, 0.25) is 0 Å². The summed E-state index contributed by atoms with van der Waals surface area (Å²) in [5.74, 6) is 0.0991. The molecular formula is C20H20N2O. The highest BCUT2D eigenvalue weighted by molar-refractivity contribution is 5.41. The van der Waals surface area contributed by atoms with E-state index in [1.54, 1.807) is 10.6 Å². The summed E-state index contributed by atoms with van der Waals surface area (Å²) in [5.41, 5.74) is 9.11. The van der Waals surface area contributed by atoms with Crippen LogP contribution in [0.5, 0.6) is 0 Å². The van der Waals surface area contributed by atoms with E-state index in [9.17, 15) is 4.79 Å². The van der Waals surface area contributed by atoms with Gasteiger partial charge < -0.3 is 10.3 Å². The van der Waals surface area contributed by atoms with E-state index in [0.29, 0.717) is 13.1 Å². The van der Waals surface area contributed by atoms with Crippen molar-refractivity contribution >= 4 is 0 Å². The van der Waals surface area contributed by atoms with Gasteiger partial charge in [0.1, 0.15) is 0 Å². The molecule has 0 fully saturated rings. The van der Waals surface area contributed by atoms with Crippen LogP contribution in [0.3, 0.4) is 0 Å². The van der Waals surface area contributed by atoms with Gasteiger partial charge in [-0.3, -0.25) is 4.79 Å². The zero-order valence-electron chi connectivity index (χ0n) is 12.9. The number of hydrogen-bond acceptors (Lipinski definition) is 2. The summed E-state index contributed by atoms with van der Waals surface area (Å²) in [7, 11) is 0. The van der Waals surface area contributed by atoms with Crippen LogP contribution in [0.25, 0.3) is 0 Å². The molecular weight excluding hydrogens is 284 g/mol. The summed E-state index contributed by atoms with van der Waals surface area (Å²) in [6.07, 6.45) is 1.93. The third kappa shape index (κ3) is 3.41. The lowest BCUT2D eigenvalue weighted by molar-refractivity contribution is 0.672. The summed E-state index contributed by atoms with van der Waals surface area (Å²) in [6.45, 7) is 0.980. The number of aromatic nitrogens is 1. The fourth-order valence-corrected chi connectivity index (χ4v) is 2.90. The zero-order valence-corrected chi connectivity index (χ0v) is 12.9. The van der Waals surface area contributed by atoms with Gasteiger partial charge in [0.05, 0.1) is 0 Å². The molecule has 0 saturated carbocycles. The molecule has 0 radical (unpaired) electrons. The number of benzene rings is 2. The maximum absolute atomic E-state index is 12.0. The second-order valence-electron chi connectivity index (χ2n) is 5.54. The second-order valence-corrected chi connectivity index (χ2v) is 5.54. The van der Waals surface area contributed by atoms with Crippen LogP contribution in [0.15, 0.2) is 83.8 Å². The van der Waals surface area contributed by atoms with Crippen LogP contribution in [0, 0.1) is 0 Å². The van der Waals surface area contributed by atoms with Crippen LogP contribution in [0.4, 0.5) is 0 Å². The third-order valence-corrected chi connectivity index (χ3v) is 3.98. The Hall–Kier alpha value is -2.65. The fourth-order valence-electron chi connectivity index (χ4n) is 2.90. The minimum absolute atomic E-state index is 0.0147. The normalized spacial score (nSPS) is 10.9. The molecule has 0 spiro atoms. The quantitative estimate of drug-likeness (QED) is 0.788. The van der Waals surface area contributed by atoms with Gasteiger partial charge in [-0.1, -0.05) is 66.7 Å². The second kappa shape index (κ2) is 7.07. The van der Waals surface area contributed by atoms with Gasteiger partial charge in [-0.15, -0.1) is 0 Å². The first-order chi connectivity index (χ1) is 11.3. The largest absolute Gasteiger partial charge is 0.329 e. The summed E-state index contributed by atoms with van der Waals surface area (Å²) in [5, 5.41) is 0. The zero-order chi connectivity index (χ0) is 16.1. The van der Waals surface area contributed by atoms with Gasteiger partial charge in [-0.05, 0) is 16.7 Å². The minimum atomic E-state index is -0.0147. The molecule has 0 atom stereocenters. The molecule has 3 nitrogen and oxygen atoms in total. The average Bonchev–Trinajstić information content (AvgIpc) is 2.60. The molecule has 1 heterocycles. The molecule has 0 bridgehead atoms. The molecule has 0 saturated heterocycles. The van der Waals surface area contributed by atoms with Crippen molar-refractivity contribution in [3.05, 3.63) is 106 Å². The van der Waals surface area contributed by atoms with Crippen molar-refractivity contribution in [2.45, 2.75) is 12.5 Å². The maximum Gasteiger partial charge on any atom is 0.250 e. The van der Waals surface area contributed by atoms with Crippen LogP contribution in [0.1, 0.15) is 22.6 Å². The van der Waals surface area contributed by atoms with Gasteiger partial charge in [-0.2, -0.15) is 0 Å². The molecule has 3 aromatic rings. The van der Waals surface area contributed by atoms with Crippen molar-refractivity contribution in [2.75, 3.05) is 6.54 Å². The fraction of sp³-hybridized carbons (Fsp3) is 0.150. The summed E-state index contributed by atoms with van der Waals surface area (Å²) in [4.78, 5) is 12.0. The number of nitrogens with zero attached hydrogens (tertiary/aromatic N) is 1. The summed E-state index contributed by atoms with van der Waals surface area (Å²) >= 11 is 0. The Morgan fingerprint density at radius 3 is 1.87 bits per heavy atom. The molecule has 2 aromatic carbocycles. The topological polar surface area (TPSA) is 48.0 Å². The van der Waals surface area contributed by atoms with Crippen molar-refractivity contribution < 1.29 is 0 Å². The Balaban J connectivity index is 2.13. The molecule has 0 amide bonds. The first kappa shape index (κ1) is 15.3. The number of hydrogen-bond donors (Lipinski definition) is 1. The van der Waals surface area contributed by atoms with Gasteiger partial charge in [0, 0.05) is 31.3 Å². The molecule has 23 heavy (non-hydrogen) atoms. The van der Waals surface area contributed by atoms with Crippen molar-refractivity contribution in [2.24, 2.45) is 5.73 Å². The van der Waals surface area contributed by atoms with E-state index in [1.807, 2.05) is 48.7 Å². The number of pyridine rings is 1. The predicted octanol–water partition coefficient (Wildman–Crippen LogP) is 2.99. The van der Waals surface area contributed by atoms with E-state index < -0.39 is 0 Å². The van der Waals surface area contributed by atoms with Crippen LogP contribution >= 0.6 is 0 Å². The summed E-state index contributed by atoms with van der Waals surface area (Å²) < 4.78 is 1.69. The highest BCUT2D eigenvalue weighted by Crippen LogP contribution is 2.31. The van der Waals surface area contributed by atoms with E-state index >= 15 is 0 Å². The third-order valence-electron chi connectivity index (χ3n) is 3.98. The van der Waals surface area contributed by atoms with Crippen molar-refractivity contribution in [1.29, 1.82) is 0 Å². The first-order valence-electron chi connectivity index (χ1n) is 7.80. The van der Waals surface area contributed by atoms with Gasteiger partial charge in [-0.25, -0.2) is 0 Å². The number of nitrogens with two attached hydrogens (primary N) is 1. The molecule has 0 unspecified atom stereocenters. The smallest absolute Gasteiger partial charge is 0.250 e. The van der Waals surface area contributed by atoms with Crippen LogP contribution < -0.4 is 11.3 Å². The molecule has 116 valence electrons. The van der Waals surface area contributed by atoms with Crippen molar-refractivity contribution in [3.8, 4) is 0 Å². The monoisotopic (exact) mass is 304 g/mol. The lowest BCUT2D eigenvalue weighted by Crippen LogP contribution is -2.23. The molecule has 2 N–H and O–H groups in total. The average molecular weight is 304 g/mol. The first-order valence-corrected chi connectivity index (χ1v) is 7.80. The van der Waals surface area contributed by atoms with Crippen molar-refractivity contribution in [1.82, 2.24) is 4.57 Å². The van der Waals surface area contributed by atoms with Gasteiger partial charge >= 0.3 is 0 Å². The standard InChI is InChI=1S/C20H20N2O/c21-13-14-22-15-18(11-12-19(22)23)20(16-7-3-1-4-8-16)17-9-5-2-6-10-17/h1-12,15,20H,13-14,21H2. The Morgan fingerprint density at radius 1 is 0.783 bits per heavy atom. The van der Waals surface area contributed by atoms with E-state index in [4.69, 9.17) is 5.73 Å². The van der Waals surface area contributed by atoms with Crippen LogP contribution in [-0.2, 0) is 6.54 Å². The van der Waals surface area contributed by atoms with Crippen LogP contribution in [0.2, 0.25) is 0 Å². The van der Waals surface area contributed by atoms with Crippen LogP contribution in [-0.4, -0.2) is 11.1 Å². The predicted molar refractivity (Wildman–Crippen MR) is 93.6 cm³/mol. The van der Waals surface area contributed by atoms with Crippen molar-refractivity contribution in [3.63, 3.8) is 0 Å². The van der Waals surface area contributed by atoms with E-state index in [2.05, 4.69) is 24.3 Å². The molecule has 3 heteroatoms. The molecule has 0 aliphatic rings. The molecule has 1 aromatic heterocycles. The molecule has 0 aliphatic heterocycles. The highest BCUT2D eigenvalue weighted by atomic mass is 16.1.